The first-order chi connectivity index (χ1) is 6.48. The fraction of sp³-hybridized carbons (Fsp3) is 0.400. The highest BCUT2D eigenvalue weighted by molar-refractivity contribution is 5.56. The second-order valence-electron chi connectivity index (χ2n) is 4.06. The van der Waals surface area contributed by atoms with Crippen molar-refractivity contribution in [2.75, 3.05) is 23.7 Å². The Hall–Kier alpha value is -1.29. The summed E-state index contributed by atoms with van der Waals surface area (Å²) >= 11 is 0. The zero-order valence-corrected chi connectivity index (χ0v) is 8.00. The van der Waals surface area contributed by atoms with Gasteiger partial charge in [-0.15, -0.1) is 0 Å². The molecule has 1 aliphatic rings. The van der Waals surface area contributed by atoms with Crippen LogP contribution in [0.15, 0.2) is 18.2 Å². The quantitative estimate of drug-likeness (QED) is 0.658. The highest BCUT2D eigenvalue weighted by Crippen LogP contribution is 2.30. The van der Waals surface area contributed by atoms with Crippen LogP contribution in [0.5, 0.6) is 0 Å². The number of hydrogen-bond acceptors (Lipinski definition) is 3. The molecule has 3 nitrogen and oxygen atoms in total. The Balaban J connectivity index is 2.19. The van der Waals surface area contributed by atoms with E-state index in [4.69, 9.17) is 5.73 Å². The minimum Gasteiger partial charge on any atom is -0.399 e. The van der Waals surface area contributed by atoms with Gasteiger partial charge in [0.2, 0.25) is 0 Å². The van der Waals surface area contributed by atoms with E-state index in [1.807, 2.05) is 0 Å². The van der Waals surface area contributed by atoms with E-state index < -0.39 is 5.60 Å². The smallest absolute Gasteiger partial charge is 0.148 e. The van der Waals surface area contributed by atoms with Crippen LogP contribution in [0.3, 0.4) is 0 Å². The Morgan fingerprint density at radius 2 is 2.14 bits per heavy atom. The Bertz CT molecular complexity index is 357. The molecule has 0 saturated carbocycles. The monoisotopic (exact) mass is 196 g/mol. The number of nitrogen functional groups attached to an aromatic ring is 1. The van der Waals surface area contributed by atoms with Gasteiger partial charge in [-0.1, -0.05) is 0 Å². The van der Waals surface area contributed by atoms with Gasteiger partial charge in [0.25, 0.3) is 0 Å². The lowest BCUT2D eigenvalue weighted by Gasteiger charge is -2.45. The van der Waals surface area contributed by atoms with E-state index in [-0.39, 0.29) is 5.82 Å². The summed E-state index contributed by atoms with van der Waals surface area (Å²) in [7, 11) is 0. The number of halogens is 1. The number of hydrogen-bond donors (Lipinski definition) is 2. The van der Waals surface area contributed by atoms with Gasteiger partial charge in [0, 0.05) is 18.8 Å². The Labute approximate surface area is 81.9 Å². The molecule has 3 N–H and O–H groups in total. The number of anilines is 2. The molecule has 0 aliphatic carbocycles. The maximum Gasteiger partial charge on any atom is 0.148 e. The molecule has 1 fully saturated rings. The molecular weight excluding hydrogens is 183 g/mol. The molecule has 0 amide bonds. The van der Waals surface area contributed by atoms with Gasteiger partial charge < -0.3 is 15.7 Å². The van der Waals surface area contributed by atoms with Crippen molar-refractivity contribution < 1.29 is 9.50 Å². The molecule has 1 saturated heterocycles. The van der Waals surface area contributed by atoms with Gasteiger partial charge in [0.05, 0.1) is 11.3 Å². The second kappa shape index (κ2) is 2.85. The summed E-state index contributed by atoms with van der Waals surface area (Å²) < 4.78 is 13.4. The summed E-state index contributed by atoms with van der Waals surface area (Å²) in [6, 6.07) is 4.59. The van der Waals surface area contributed by atoms with Gasteiger partial charge in [-0.25, -0.2) is 4.39 Å². The molecule has 2 rings (SSSR count). The lowest BCUT2D eigenvalue weighted by Crippen LogP contribution is -2.60. The predicted octanol–water partition coefficient (Wildman–Crippen LogP) is 0.979. The Kier molecular flexibility index (Phi) is 1.89. The number of aliphatic hydroxyl groups is 1. The number of β-amino-alcohol motifs (C(OH)–C–C–N with tert-alkyl or cyclic N) is 1. The largest absolute Gasteiger partial charge is 0.399 e. The van der Waals surface area contributed by atoms with E-state index in [1.165, 1.54) is 6.07 Å². The molecule has 1 aliphatic heterocycles. The van der Waals surface area contributed by atoms with Crippen LogP contribution >= 0.6 is 0 Å². The molecule has 0 radical (unpaired) electrons. The highest BCUT2D eigenvalue weighted by Gasteiger charge is 2.37. The average Bonchev–Trinajstić information content (AvgIpc) is 2.00. The summed E-state index contributed by atoms with van der Waals surface area (Å²) in [6.45, 7) is 2.67. The van der Waals surface area contributed by atoms with Crippen molar-refractivity contribution in [3.63, 3.8) is 0 Å². The van der Waals surface area contributed by atoms with Crippen molar-refractivity contribution in [1.82, 2.24) is 0 Å². The van der Waals surface area contributed by atoms with Crippen molar-refractivity contribution in [2.45, 2.75) is 12.5 Å². The molecule has 1 heterocycles. The molecule has 0 spiro atoms. The van der Waals surface area contributed by atoms with E-state index in [2.05, 4.69) is 0 Å². The van der Waals surface area contributed by atoms with Crippen LogP contribution < -0.4 is 10.6 Å². The van der Waals surface area contributed by atoms with Crippen LogP contribution in [0.2, 0.25) is 0 Å². The molecule has 0 aromatic heterocycles. The van der Waals surface area contributed by atoms with Gasteiger partial charge in [0.1, 0.15) is 5.82 Å². The topological polar surface area (TPSA) is 49.5 Å². The van der Waals surface area contributed by atoms with Crippen LogP contribution in [0, 0.1) is 5.82 Å². The Morgan fingerprint density at radius 1 is 1.50 bits per heavy atom. The van der Waals surface area contributed by atoms with E-state index in [0.717, 1.165) is 0 Å². The third kappa shape index (κ3) is 1.53. The van der Waals surface area contributed by atoms with Gasteiger partial charge in [-0.2, -0.15) is 0 Å². The average molecular weight is 196 g/mol. The summed E-state index contributed by atoms with van der Waals surface area (Å²) in [6.07, 6.45) is 0. The standard InChI is InChI=1S/C10H13FN2O/c1-10(14)5-13(6-10)9-3-2-7(12)4-8(9)11/h2-4,14H,5-6,12H2,1H3. The normalized spacial score (nSPS) is 19.2. The maximum absolute atomic E-state index is 13.4. The van der Waals surface area contributed by atoms with Crippen molar-refractivity contribution in [3.8, 4) is 0 Å². The minimum absolute atomic E-state index is 0.333. The number of nitrogens with zero attached hydrogens (tertiary/aromatic N) is 1. The highest BCUT2D eigenvalue weighted by atomic mass is 19.1. The lowest BCUT2D eigenvalue weighted by atomic mass is 9.96. The minimum atomic E-state index is -0.687. The molecule has 1 aromatic carbocycles. The van der Waals surface area contributed by atoms with E-state index in [9.17, 15) is 9.50 Å². The van der Waals surface area contributed by atoms with E-state index in [1.54, 1.807) is 24.0 Å². The first-order valence-electron chi connectivity index (χ1n) is 4.50. The lowest BCUT2D eigenvalue weighted by molar-refractivity contribution is 0.0306. The van der Waals surface area contributed by atoms with Crippen molar-refractivity contribution >= 4 is 11.4 Å². The number of rotatable bonds is 1. The summed E-state index contributed by atoms with van der Waals surface area (Å²) in [5, 5.41) is 9.50. The summed E-state index contributed by atoms with van der Waals surface area (Å²) in [4.78, 5) is 1.79. The first kappa shape index (κ1) is 9.27. The molecule has 76 valence electrons. The first-order valence-corrected chi connectivity index (χ1v) is 4.50. The van der Waals surface area contributed by atoms with Crippen LogP contribution in [-0.4, -0.2) is 23.8 Å². The fourth-order valence-electron chi connectivity index (χ4n) is 1.73. The molecule has 0 bridgehead atoms. The second-order valence-corrected chi connectivity index (χ2v) is 4.06. The van der Waals surface area contributed by atoms with Crippen molar-refractivity contribution in [2.24, 2.45) is 0 Å². The van der Waals surface area contributed by atoms with Gasteiger partial charge in [-0.05, 0) is 25.1 Å². The fourth-order valence-corrected chi connectivity index (χ4v) is 1.73. The van der Waals surface area contributed by atoms with Crippen LogP contribution in [-0.2, 0) is 0 Å². The van der Waals surface area contributed by atoms with Crippen molar-refractivity contribution in [3.05, 3.63) is 24.0 Å². The predicted molar refractivity (Wildman–Crippen MR) is 53.6 cm³/mol. The number of benzene rings is 1. The van der Waals surface area contributed by atoms with E-state index >= 15 is 0 Å². The van der Waals surface area contributed by atoms with Crippen LogP contribution in [0.25, 0.3) is 0 Å². The van der Waals surface area contributed by atoms with Crippen molar-refractivity contribution in [1.29, 1.82) is 0 Å². The van der Waals surface area contributed by atoms with Gasteiger partial charge >= 0.3 is 0 Å². The zero-order valence-electron chi connectivity index (χ0n) is 8.00. The summed E-state index contributed by atoms with van der Waals surface area (Å²) in [5.41, 5.74) is 5.67. The zero-order chi connectivity index (χ0) is 10.3. The maximum atomic E-state index is 13.4. The molecular formula is C10H13FN2O. The molecule has 0 atom stereocenters. The third-order valence-electron chi connectivity index (χ3n) is 2.38. The third-order valence-corrected chi connectivity index (χ3v) is 2.38. The summed E-state index contributed by atoms with van der Waals surface area (Å²) in [5.74, 6) is -0.333. The SMILES string of the molecule is CC1(O)CN(c2ccc(N)cc2F)C1. The van der Waals surface area contributed by atoms with Gasteiger partial charge in [-0.3, -0.25) is 0 Å². The molecule has 0 unspecified atom stereocenters. The van der Waals surface area contributed by atoms with Gasteiger partial charge in [0.15, 0.2) is 0 Å². The molecule has 14 heavy (non-hydrogen) atoms. The number of nitrogens with two attached hydrogens (primary N) is 1. The Morgan fingerprint density at radius 3 is 2.64 bits per heavy atom. The van der Waals surface area contributed by atoms with E-state index in [0.29, 0.717) is 24.5 Å². The van der Waals surface area contributed by atoms with Crippen LogP contribution in [0.1, 0.15) is 6.92 Å². The molecule has 4 heteroatoms. The molecule has 1 aromatic rings. The van der Waals surface area contributed by atoms with Crippen LogP contribution in [0.4, 0.5) is 15.8 Å².